The fraction of sp³-hybridized carbons (Fsp3) is 0.467. The minimum absolute atomic E-state index is 0.0799. The van der Waals surface area contributed by atoms with Crippen LogP contribution < -0.4 is 4.74 Å². The van der Waals surface area contributed by atoms with E-state index in [2.05, 4.69) is 41.5 Å². The van der Waals surface area contributed by atoms with Crippen molar-refractivity contribution in [3.05, 3.63) is 53.6 Å². The molecule has 3 aromatic rings. The van der Waals surface area contributed by atoms with E-state index < -0.39 is 0 Å². The van der Waals surface area contributed by atoms with Gasteiger partial charge in [0.15, 0.2) is 0 Å². The summed E-state index contributed by atoms with van der Waals surface area (Å²) in [5.41, 5.74) is 4.22. The molecule has 0 saturated carbocycles. The lowest BCUT2D eigenvalue weighted by Crippen LogP contribution is -2.49. The van der Waals surface area contributed by atoms with Crippen molar-refractivity contribution in [1.29, 1.82) is 5.26 Å². The highest BCUT2D eigenvalue weighted by Gasteiger charge is 2.23. The molecule has 0 radical (unpaired) electrons. The van der Waals surface area contributed by atoms with Gasteiger partial charge in [-0.05, 0) is 69.9 Å². The normalized spacial score (nSPS) is 14.3. The molecule has 0 aliphatic carbocycles. The largest absolute Gasteiger partial charge is 0.497 e. The molecule has 0 spiro atoms. The fourth-order valence-electron chi connectivity index (χ4n) is 5.16. The quantitative estimate of drug-likeness (QED) is 0.403. The zero-order valence-electron chi connectivity index (χ0n) is 22.7. The Morgan fingerprint density at radius 3 is 2.38 bits per heavy atom. The Labute approximate surface area is 220 Å². The smallest absolute Gasteiger partial charge is 0.253 e. The van der Waals surface area contributed by atoms with Crippen LogP contribution in [-0.4, -0.2) is 85.6 Å². The van der Waals surface area contributed by atoms with Crippen LogP contribution in [0, 0.1) is 11.3 Å². The highest BCUT2D eigenvalue weighted by Crippen LogP contribution is 2.36. The number of ether oxygens (including phenoxy) is 1. The molecule has 7 heteroatoms. The molecule has 0 bridgehead atoms. The summed E-state index contributed by atoms with van der Waals surface area (Å²) in [5.74, 6) is 0.855. The van der Waals surface area contributed by atoms with E-state index in [1.165, 1.54) is 0 Å². The minimum Gasteiger partial charge on any atom is -0.497 e. The summed E-state index contributed by atoms with van der Waals surface area (Å²) in [6, 6.07) is 16.1. The van der Waals surface area contributed by atoms with Gasteiger partial charge in [-0.1, -0.05) is 25.5 Å². The van der Waals surface area contributed by atoms with E-state index in [-0.39, 0.29) is 5.91 Å². The van der Waals surface area contributed by atoms with E-state index in [0.29, 0.717) is 11.1 Å². The number of aromatic nitrogens is 1. The minimum atomic E-state index is 0.0799. The molecular formula is C30H39N5O2. The van der Waals surface area contributed by atoms with Crippen molar-refractivity contribution in [3.8, 4) is 23.1 Å². The van der Waals surface area contributed by atoms with E-state index in [1.807, 2.05) is 47.4 Å². The summed E-state index contributed by atoms with van der Waals surface area (Å²) in [6.45, 7) is 8.51. The van der Waals surface area contributed by atoms with E-state index in [0.717, 1.165) is 93.0 Å². The lowest BCUT2D eigenvalue weighted by molar-refractivity contribution is 0.0634. The number of fused-ring (bicyclic) bond motifs is 1. The van der Waals surface area contributed by atoms with Crippen LogP contribution >= 0.6 is 0 Å². The van der Waals surface area contributed by atoms with E-state index in [1.54, 1.807) is 7.11 Å². The third-order valence-electron chi connectivity index (χ3n) is 7.26. The number of carbonyl (C=O) groups excluding carboxylic acids is 1. The molecule has 7 nitrogen and oxygen atoms in total. The predicted octanol–water partition coefficient (Wildman–Crippen LogP) is 4.70. The van der Waals surface area contributed by atoms with E-state index >= 15 is 0 Å². The van der Waals surface area contributed by atoms with Gasteiger partial charge in [0.1, 0.15) is 11.8 Å². The number of hydrogen-bond acceptors (Lipinski definition) is 5. The Bertz CT molecular complexity index is 1250. The van der Waals surface area contributed by atoms with Crippen molar-refractivity contribution in [2.24, 2.45) is 0 Å². The number of unbranched alkanes of at least 4 members (excludes halogenated alkanes) is 1. The number of nitriles is 1. The van der Waals surface area contributed by atoms with Crippen LogP contribution in [0.15, 0.2) is 42.5 Å². The average Bonchev–Trinajstić information content (AvgIpc) is 3.24. The van der Waals surface area contributed by atoms with Crippen molar-refractivity contribution in [2.45, 2.75) is 32.7 Å². The molecular weight excluding hydrogens is 462 g/mol. The number of piperazine rings is 1. The SMILES string of the molecule is CCCCn1c(-c2ccc(C(=O)N3CCN(CCCN(C)C)CC3)cc2)c(C#N)c2ccc(OC)cc21. The van der Waals surface area contributed by atoms with Crippen molar-refractivity contribution in [2.75, 3.05) is 60.5 Å². The molecule has 1 aromatic heterocycles. The first-order valence-corrected chi connectivity index (χ1v) is 13.3. The van der Waals surface area contributed by atoms with E-state index in [4.69, 9.17) is 4.74 Å². The summed E-state index contributed by atoms with van der Waals surface area (Å²) in [6.07, 6.45) is 3.22. The van der Waals surface area contributed by atoms with Crippen LogP contribution in [-0.2, 0) is 6.54 Å². The standard InChI is InChI=1S/C30H39N5O2/c1-5-6-16-35-28-21-25(37-4)12-13-26(28)27(22-31)29(35)23-8-10-24(11-9-23)30(36)34-19-17-33(18-20-34)15-7-14-32(2)3/h8-13,21H,5-7,14-20H2,1-4H3. The van der Waals surface area contributed by atoms with Crippen LogP contribution in [0.5, 0.6) is 5.75 Å². The van der Waals surface area contributed by atoms with Gasteiger partial charge < -0.3 is 19.1 Å². The lowest BCUT2D eigenvalue weighted by atomic mass is 10.0. The monoisotopic (exact) mass is 501 g/mol. The molecule has 0 atom stereocenters. The molecule has 1 aliphatic heterocycles. The number of nitrogens with zero attached hydrogens (tertiary/aromatic N) is 5. The van der Waals surface area contributed by atoms with Crippen LogP contribution in [0.4, 0.5) is 0 Å². The van der Waals surface area contributed by atoms with Gasteiger partial charge in [-0.3, -0.25) is 9.69 Å². The number of amides is 1. The second-order valence-electron chi connectivity index (χ2n) is 10.1. The zero-order chi connectivity index (χ0) is 26.4. The molecule has 2 heterocycles. The van der Waals surface area contributed by atoms with Crippen molar-refractivity contribution in [3.63, 3.8) is 0 Å². The third-order valence-corrected chi connectivity index (χ3v) is 7.26. The number of carbonyl (C=O) groups is 1. The van der Waals surface area contributed by atoms with Gasteiger partial charge in [0.05, 0.1) is 23.9 Å². The molecule has 196 valence electrons. The Morgan fingerprint density at radius 1 is 1.03 bits per heavy atom. The van der Waals surface area contributed by atoms with Crippen LogP contribution in [0.25, 0.3) is 22.2 Å². The molecule has 1 aliphatic rings. The number of methoxy groups -OCH3 is 1. The van der Waals surface area contributed by atoms with Crippen LogP contribution in [0.2, 0.25) is 0 Å². The predicted molar refractivity (Wildman–Crippen MR) is 149 cm³/mol. The van der Waals surface area contributed by atoms with Crippen LogP contribution in [0.1, 0.15) is 42.1 Å². The summed E-state index contributed by atoms with van der Waals surface area (Å²) < 4.78 is 7.69. The molecule has 0 N–H and O–H groups in total. The maximum atomic E-state index is 13.2. The Hall–Kier alpha value is -3.34. The summed E-state index contributed by atoms with van der Waals surface area (Å²) in [7, 11) is 5.86. The Balaban J connectivity index is 1.54. The molecule has 4 rings (SSSR count). The number of hydrogen-bond donors (Lipinski definition) is 0. The molecule has 1 amide bonds. The maximum Gasteiger partial charge on any atom is 0.253 e. The average molecular weight is 502 g/mol. The van der Waals surface area contributed by atoms with Crippen molar-refractivity contribution < 1.29 is 9.53 Å². The first kappa shape index (κ1) is 26.7. The van der Waals surface area contributed by atoms with E-state index in [9.17, 15) is 10.1 Å². The topological polar surface area (TPSA) is 64.7 Å². The second-order valence-corrected chi connectivity index (χ2v) is 10.1. The van der Waals surface area contributed by atoms with Gasteiger partial charge in [0.25, 0.3) is 5.91 Å². The summed E-state index contributed by atoms with van der Waals surface area (Å²) in [5, 5.41) is 11.0. The molecule has 1 fully saturated rings. The van der Waals surface area contributed by atoms with Crippen molar-refractivity contribution in [1.82, 2.24) is 19.3 Å². The number of rotatable bonds is 10. The third kappa shape index (κ3) is 5.98. The summed E-state index contributed by atoms with van der Waals surface area (Å²) >= 11 is 0. The summed E-state index contributed by atoms with van der Waals surface area (Å²) in [4.78, 5) is 19.9. The molecule has 37 heavy (non-hydrogen) atoms. The highest BCUT2D eigenvalue weighted by atomic mass is 16.5. The zero-order valence-corrected chi connectivity index (χ0v) is 22.7. The van der Waals surface area contributed by atoms with Gasteiger partial charge in [-0.2, -0.15) is 5.26 Å². The molecule has 1 saturated heterocycles. The van der Waals surface area contributed by atoms with Crippen molar-refractivity contribution >= 4 is 16.8 Å². The second kappa shape index (κ2) is 12.3. The highest BCUT2D eigenvalue weighted by molar-refractivity contribution is 5.97. The van der Waals surface area contributed by atoms with Gasteiger partial charge in [0.2, 0.25) is 0 Å². The Kier molecular flexibility index (Phi) is 8.86. The molecule has 0 unspecified atom stereocenters. The first-order valence-electron chi connectivity index (χ1n) is 13.3. The maximum absolute atomic E-state index is 13.2. The lowest BCUT2D eigenvalue weighted by Gasteiger charge is -2.35. The fourth-order valence-corrected chi connectivity index (χ4v) is 5.16. The Morgan fingerprint density at radius 2 is 1.76 bits per heavy atom. The van der Waals surface area contributed by atoms with Gasteiger partial charge in [0, 0.05) is 49.7 Å². The van der Waals surface area contributed by atoms with Gasteiger partial charge >= 0.3 is 0 Å². The molecule has 2 aromatic carbocycles. The van der Waals surface area contributed by atoms with Gasteiger partial charge in [-0.15, -0.1) is 0 Å². The number of aryl methyl sites for hydroxylation is 1. The van der Waals surface area contributed by atoms with Gasteiger partial charge in [-0.25, -0.2) is 0 Å². The number of benzene rings is 2. The first-order chi connectivity index (χ1) is 18.0. The van der Waals surface area contributed by atoms with Crippen LogP contribution in [0.3, 0.4) is 0 Å².